The zero-order chi connectivity index (χ0) is 18.4. The Bertz CT molecular complexity index is 781. The van der Waals surface area contributed by atoms with E-state index in [0.29, 0.717) is 23.8 Å². The summed E-state index contributed by atoms with van der Waals surface area (Å²) in [7, 11) is 1.73. The third kappa shape index (κ3) is 3.01. The van der Waals surface area contributed by atoms with Crippen LogP contribution in [0, 0.1) is 5.92 Å². The average molecular weight is 364 g/mol. The fourth-order valence-corrected chi connectivity index (χ4v) is 5.70. The van der Waals surface area contributed by atoms with Gasteiger partial charge in [-0.1, -0.05) is 24.3 Å². The number of phenolic OH excluding ortho intramolecular Hbond substituents is 1. The van der Waals surface area contributed by atoms with Crippen molar-refractivity contribution in [2.24, 2.45) is 5.92 Å². The van der Waals surface area contributed by atoms with Crippen molar-refractivity contribution in [2.45, 2.75) is 37.4 Å². The summed E-state index contributed by atoms with van der Waals surface area (Å²) in [4.78, 5) is 5.46. The fourth-order valence-electron chi connectivity index (χ4n) is 5.70. The molecule has 4 saturated heterocycles. The van der Waals surface area contributed by atoms with Crippen LogP contribution in [0.25, 0.3) is 0 Å². The molecule has 27 heavy (non-hydrogen) atoms. The molecule has 2 aromatic rings. The molecule has 0 spiro atoms. The molecule has 0 aliphatic carbocycles. The molecule has 0 unspecified atom stereocenters. The Kier molecular flexibility index (Phi) is 4.33. The maximum Gasteiger partial charge on any atom is 0.118 e. The van der Waals surface area contributed by atoms with Crippen LogP contribution in [-0.4, -0.2) is 53.7 Å². The number of piperidine rings is 3. The number of methoxy groups -OCH3 is 1. The van der Waals surface area contributed by atoms with E-state index < -0.39 is 0 Å². The van der Waals surface area contributed by atoms with Crippen LogP contribution in [0.5, 0.6) is 11.5 Å². The van der Waals surface area contributed by atoms with E-state index in [2.05, 4.69) is 46.2 Å². The molecule has 1 N–H and O–H groups in total. The smallest absolute Gasteiger partial charge is 0.118 e. The van der Waals surface area contributed by atoms with E-state index in [1.165, 1.54) is 37.1 Å². The lowest BCUT2D eigenvalue weighted by atomic mass is 9.75. The largest absolute Gasteiger partial charge is 0.508 e. The van der Waals surface area contributed by atoms with Crippen LogP contribution in [0.4, 0.5) is 0 Å². The molecule has 4 fully saturated rings. The summed E-state index contributed by atoms with van der Waals surface area (Å²) >= 11 is 0. The second-order valence-electron chi connectivity index (χ2n) is 8.33. The van der Waals surface area contributed by atoms with Crippen LogP contribution in [0.3, 0.4) is 0 Å². The van der Waals surface area contributed by atoms with Gasteiger partial charge in [0.1, 0.15) is 11.5 Å². The lowest BCUT2D eigenvalue weighted by Gasteiger charge is -2.51. The fraction of sp³-hybridized carbons (Fsp3) is 0.478. The first-order valence-electron chi connectivity index (χ1n) is 10.1. The first kappa shape index (κ1) is 17.1. The van der Waals surface area contributed by atoms with Crippen LogP contribution in [0.2, 0.25) is 0 Å². The summed E-state index contributed by atoms with van der Waals surface area (Å²) in [6.07, 6.45) is 2.67. The van der Waals surface area contributed by atoms with Gasteiger partial charge in [-0.05, 0) is 67.2 Å². The van der Waals surface area contributed by atoms with Crippen molar-refractivity contribution in [3.63, 3.8) is 0 Å². The number of likely N-dealkylation sites (tertiary alicyclic amines) is 1. The molecular formula is C23H28N2O2. The highest BCUT2D eigenvalue weighted by molar-refractivity contribution is 5.33. The topological polar surface area (TPSA) is 35.9 Å². The summed E-state index contributed by atoms with van der Waals surface area (Å²) in [5.74, 6) is 2.65. The first-order valence-corrected chi connectivity index (χ1v) is 10.1. The van der Waals surface area contributed by atoms with Gasteiger partial charge in [-0.15, -0.1) is 0 Å². The molecule has 3 atom stereocenters. The molecule has 4 aliphatic rings. The number of rotatable bonds is 4. The SMILES string of the molecule is COc1ccc([C@@H]2CN(Cc3ccc(O)cc3)[C@@H]3C4CCN(CC4)[C@@H]32)cc1. The molecule has 0 aromatic heterocycles. The predicted molar refractivity (Wildman–Crippen MR) is 106 cm³/mol. The zero-order valence-electron chi connectivity index (χ0n) is 15.9. The second-order valence-corrected chi connectivity index (χ2v) is 8.33. The van der Waals surface area contributed by atoms with Gasteiger partial charge in [-0.3, -0.25) is 9.80 Å². The highest BCUT2D eigenvalue weighted by Gasteiger charge is 2.53. The van der Waals surface area contributed by atoms with E-state index in [-0.39, 0.29) is 0 Å². The monoisotopic (exact) mass is 364 g/mol. The normalized spacial score (nSPS) is 32.4. The number of benzene rings is 2. The number of aromatic hydroxyl groups is 1. The van der Waals surface area contributed by atoms with Crippen molar-refractivity contribution in [1.29, 1.82) is 0 Å². The molecule has 2 aromatic carbocycles. The highest BCUT2D eigenvalue weighted by atomic mass is 16.5. The predicted octanol–water partition coefficient (Wildman–Crippen LogP) is 3.46. The Morgan fingerprint density at radius 2 is 1.67 bits per heavy atom. The summed E-state index contributed by atoms with van der Waals surface area (Å²) in [6.45, 7) is 4.59. The molecule has 4 heterocycles. The van der Waals surface area contributed by atoms with Gasteiger partial charge in [-0.2, -0.15) is 0 Å². The number of phenols is 1. The third-order valence-corrected chi connectivity index (χ3v) is 6.96. The summed E-state index contributed by atoms with van der Waals surface area (Å²) < 4.78 is 5.36. The Labute approximate surface area is 161 Å². The van der Waals surface area contributed by atoms with Gasteiger partial charge < -0.3 is 9.84 Å². The van der Waals surface area contributed by atoms with E-state index in [1.54, 1.807) is 19.2 Å². The van der Waals surface area contributed by atoms with Crippen molar-refractivity contribution in [2.75, 3.05) is 26.7 Å². The maximum absolute atomic E-state index is 9.59. The van der Waals surface area contributed by atoms with Crippen LogP contribution in [0.1, 0.15) is 29.9 Å². The van der Waals surface area contributed by atoms with E-state index in [0.717, 1.165) is 24.8 Å². The van der Waals surface area contributed by atoms with Crippen LogP contribution >= 0.6 is 0 Å². The number of ether oxygens (including phenoxy) is 1. The van der Waals surface area contributed by atoms with Crippen LogP contribution in [-0.2, 0) is 6.54 Å². The Balaban J connectivity index is 1.44. The minimum Gasteiger partial charge on any atom is -0.508 e. The summed E-state index contributed by atoms with van der Waals surface area (Å²) in [5, 5.41) is 9.59. The first-order chi connectivity index (χ1) is 13.2. The average Bonchev–Trinajstić information content (AvgIpc) is 3.12. The number of nitrogens with zero attached hydrogens (tertiary/aromatic N) is 2. The molecule has 4 heteroatoms. The van der Waals surface area contributed by atoms with Crippen molar-refractivity contribution in [3.05, 3.63) is 59.7 Å². The Hall–Kier alpha value is -2.04. The van der Waals surface area contributed by atoms with Crippen molar-refractivity contribution in [3.8, 4) is 11.5 Å². The third-order valence-electron chi connectivity index (χ3n) is 6.96. The van der Waals surface area contributed by atoms with Crippen LogP contribution < -0.4 is 4.74 Å². The molecule has 0 saturated carbocycles. The quantitative estimate of drug-likeness (QED) is 0.901. The van der Waals surface area contributed by atoms with E-state index >= 15 is 0 Å². The molecular weight excluding hydrogens is 336 g/mol. The van der Waals surface area contributed by atoms with Gasteiger partial charge in [0.15, 0.2) is 0 Å². The molecule has 0 radical (unpaired) electrons. The molecule has 4 aliphatic heterocycles. The van der Waals surface area contributed by atoms with Gasteiger partial charge in [0.05, 0.1) is 7.11 Å². The van der Waals surface area contributed by atoms with Gasteiger partial charge in [0.25, 0.3) is 0 Å². The van der Waals surface area contributed by atoms with Crippen LogP contribution in [0.15, 0.2) is 48.5 Å². The molecule has 6 rings (SSSR count). The highest BCUT2D eigenvalue weighted by Crippen LogP contribution is 2.47. The number of hydrogen-bond acceptors (Lipinski definition) is 4. The van der Waals surface area contributed by atoms with Gasteiger partial charge >= 0.3 is 0 Å². The van der Waals surface area contributed by atoms with E-state index in [1.807, 2.05) is 0 Å². The molecule has 4 nitrogen and oxygen atoms in total. The summed E-state index contributed by atoms with van der Waals surface area (Å²) in [5.41, 5.74) is 2.73. The van der Waals surface area contributed by atoms with Crippen molar-refractivity contribution < 1.29 is 9.84 Å². The molecule has 142 valence electrons. The summed E-state index contributed by atoms with van der Waals surface area (Å²) in [6, 6.07) is 17.7. The van der Waals surface area contributed by atoms with Crippen molar-refractivity contribution in [1.82, 2.24) is 9.80 Å². The molecule has 0 amide bonds. The van der Waals surface area contributed by atoms with E-state index in [9.17, 15) is 5.11 Å². The standard InChI is InChI=1S/C23H28N2O2/c1-27-20-8-4-17(5-9-20)21-15-25(14-16-2-6-19(26)7-3-16)22-18-10-12-24(13-11-18)23(21)22/h2-9,18,21-23,26H,10-15H2,1H3/t21-,22+,23+/m0/s1. The lowest BCUT2D eigenvalue weighted by Crippen LogP contribution is -2.59. The van der Waals surface area contributed by atoms with Gasteiger partial charge in [0.2, 0.25) is 0 Å². The van der Waals surface area contributed by atoms with Gasteiger partial charge in [-0.25, -0.2) is 0 Å². The minimum absolute atomic E-state index is 0.344. The lowest BCUT2D eigenvalue weighted by molar-refractivity contribution is -0.00869. The maximum atomic E-state index is 9.59. The Morgan fingerprint density at radius 3 is 2.33 bits per heavy atom. The second kappa shape index (κ2) is 6.84. The number of hydrogen-bond donors (Lipinski definition) is 1. The van der Waals surface area contributed by atoms with E-state index in [4.69, 9.17) is 4.74 Å². The molecule has 2 bridgehead atoms. The zero-order valence-corrected chi connectivity index (χ0v) is 15.9. The Morgan fingerprint density at radius 1 is 0.963 bits per heavy atom. The van der Waals surface area contributed by atoms with Crippen molar-refractivity contribution >= 4 is 0 Å². The van der Waals surface area contributed by atoms with Gasteiger partial charge in [0, 0.05) is 31.1 Å². The number of fused-ring (bicyclic) bond motifs is 2. The minimum atomic E-state index is 0.344.